The van der Waals surface area contributed by atoms with Gasteiger partial charge >= 0.3 is 0 Å². The summed E-state index contributed by atoms with van der Waals surface area (Å²) in [6.45, 7) is -0.128. The van der Waals surface area contributed by atoms with E-state index in [1.165, 1.54) is 7.11 Å². The van der Waals surface area contributed by atoms with Crippen LogP contribution in [-0.2, 0) is 9.59 Å². The molecule has 1 rings (SSSR count). The summed E-state index contributed by atoms with van der Waals surface area (Å²) in [6, 6.07) is 6.98. The number of anilines is 1. The average Bonchev–Trinajstić information content (AvgIpc) is 2.39. The molecule has 5 N–H and O–H groups in total. The molecular formula is C12H17N3O4. The highest BCUT2D eigenvalue weighted by atomic mass is 16.5. The van der Waals surface area contributed by atoms with Crippen molar-refractivity contribution in [1.29, 1.82) is 0 Å². The third-order valence-corrected chi connectivity index (χ3v) is 2.33. The van der Waals surface area contributed by atoms with Gasteiger partial charge in [-0.15, -0.1) is 0 Å². The molecule has 1 aromatic rings. The van der Waals surface area contributed by atoms with Crippen molar-refractivity contribution < 1.29 is 19.4 Å². The van der Waals surface area contributed by atoms with Gasteiger partial charge in [0.05, 0.1) is 19.3 Å². The summed E-state index contributed by atoms with van der Waals surface area (Å²) < 4.78 is 5.08. The zero-order valence-electron chi connectivity index (χ0n) is 10.6. The van der Waals surface area contributed by atoms with E-state index in [1.807, 2.05) is 0 Å². The number of rotatable bonds is 7. The highest BCUT2D eigenvalue weighted by Crippen LogP contribution is 2.22. The molecule has 0 saturated carbocycles. The number of ether oxygens (including phenoxy) is 1. The quantitative estimate of drug-likeness (QED) is 0.509. The number of methoxy groups -OCH3 is 1. The molecule has 0 spiro atoms. The second-order valence-corrected chi connectivity index (χ2v) is 3.80. The van der Waals surface area contributed by atoms with Crippen molar-refractivity contribution in [2.75, 3.05) is 25.5 Å². The number of para-hydroxylation sites is 2. The Morgan fingerprint density at radius 2 is 2.11 bits per heavy atom. The summed E-state index contributed by atoms with van der Waals surface area (Å²) in [5.41, 5.74) is 5.42. The zero-order valence-corrected chi connectivity index (χ0v) is 10.6. The van der Waals surface area contributed by atoms with Crippen molar-refractivity contribution in [3.63, 3.8) is 0 Å². The zero-order chi connectivity index (χ0) is 14.3. The van der Waals surface area contributed by atoms with Gasteiger partial charge in [0.15, 0.2) is 0 Å². The van der Waals surface area contributed by atoms with E-state index in [1.54, 1.807) is 24.3 Å². The maximum Gasteiger partial charge on any atom is 0.247 e. The molecule has 19 heavy (non-hydrogen) atoms. The minimum Gasteiger partial charge on any atom is -0.495 e. The predicted molar refractivity (Wildman–Crippen MR) is 69.7 cm³/mol. The highest BCUT2D eigenvalue weighted by Gasteiger charge is 2.11. The highest BCUT2D eigenvalue weighted by molar-refractivity contribution is 5.93. The molecule has 0 saturated heterocycles. The van der Waals surface area contributed by atoms with Crippen LogP contribution in [0.4, 0.5) is 5.69 Å². The molecule has 0 aliphatic carbocycles. The van der Waals surface area contributed by atoms with E-state index in [-0.39, 0.29) is 19.0 Å². The van der Waals surface area contributed by atoms with E-state index in [9.17, 15) is 9.59 Å². The first kappa shape index (κ1) is 14.9. The Labute approximate surface area is 110 Å². The second-order valence-electron chi connectivity index (χ2n) is 3.80. The average molecular weight is 267 g/mol. The molecule has 7 nitrogen and oxygen atoms in total. The third-order valence-electron chi connectivity index (χ3n) is 2.33. The first-order chi connectivity index (χ1) is 9.04. The molecule has 0 aromatic heterocycles. The predicted octanol–water partition coefficient (Wildman–Crippen LogP) is -0.930. The molecule has 0 heterocycles. The van der Waals surface area contributed by atoms with Gasteiger partial charge in [-0.25, -0.2) is 0 Å². The molecule has 1 unspecified atom stereocenters. The fraction of sp³-hybridized carbons (Fsp3) is 0.333. The second kappa shape index (κ2) is 7.34. The third kappa shape index (κ3) is 4.94. The Balaban J connectivity index is 2.41. The lowest BCUT2D eigenvalue weighted by atomic mass is 10.3. The van der Waals surface area contributed by atoms with Crippen LogP contribution in [0.1, 0.15) is 0 Å². The number of carbonyl (C=O) groups excluding carboxylic acids is 2. The van der Waals surface area contributed by atoms with Crippen molar-refractivity contribution in [3.8, 4) is 5.75 Å². The number of hydrogen-bond acceptors (Lipinski definition) is 5. The molecule has 0 bridgehead atoms. The van der Waals surface area contributed by atoms with Gasteiger partial charge in [0.25, 0.3) is 0 Å². The SMILES string of the molecule is COc1ccccc1NC(=O)CNCC(O)C(N)=O. The van der Waals surface area contributed by atoms with Crippen LogP contribution >= 0.6 is 0 Å². The number of primary amides is 1. The number of nitrogens with two attached hydrogens (primary N) is 1. The van der Waals surface area contributed by atoms with Gasteiger partial charge in [0.2, 0.25) is 11.8 Å². The smallest absolute Gasteiger partial charge is 0.247 e. The van der Waals surface area contributed by atoms with Crippen LogP contribution in [-0.4, -0.2) is 43.2 Å². The molecule has 104 valence electrons. The largest absolute Gasteiger partial charge is 0.495 e. The van der Waals surface area contributed by atoms with E-state index in [2.05, 4.69) is 10.6 Å². The molecule has 1 atom stereocenters. The minimum atomic E-state index is -1.31. The normalized spacial score (nSPS) is 11.7. The number of aliphatic hydroxyl groups is 1. The maximum atomic E-state index is 11.6. The van der Waals surface area contributed by atoms with E-state index >= 15 is 0 Å². The van der Waals surface area contributed by atoms with Crippen LogP contribution in [0.2, 0.25) is 0 Å². The first-order valence-corrected chi connectivity index (χ1v) is 5.65. The Hall–Kier alpha value is -2.12. The van der Waals surface area contributed by atoms with E-state index < -0.39 is 12.0 Å². The van der Waals surface area contributed by atoms with Crippen LogP contribution in [0, 0.1) is 0 Å². The minimum absolute atomic E-state index is 0.0532. The summed E-state index contributed by atoms with van der Waals surface area (Å²) in [5.74, 6) is -0.605. The molecule has 0 radical (unpaired) electrons. The number of carbonyl (C=O) groups is 2. The van der Waals surface area contributed by atoms with Crippen LogP contribution < -0.4 is 21.1 Å². The number of nitrogens with one attached hydrogen (secondary N) is 2. The Morgan fingerprint density at radius 3 is 2.74 bits per heavy atom. The van der Waals surface area contributed by atoms with Gasteiger partial charge in [-0.3, -0.25) is 9.59 Å². The lowest BCUT2D eigenvalue weighted by Gasteiger charge is -2.11. The van der Waals surface area contributed by atoms with Crippen molar-refractivity contribution in [2.24, 2.45) is 5.73 Å². The Bertz CT molecular complexity index is 450. The van der Waals surface area contributed by atoms with E-state index in [0.29, 0.717) is 11.4 Å². The molecular weight excluding hydrogens is 250 g/mol. The van der Waals surface area contributed by atoms with Crippen LogP contribution in [0.5, 0.6) is 5.75 Å². The van der Waals surface area contributed by atoms with Gasteiger partial charge in [-0.2, -0.15) is 0 Å². The fourth-order valence-electron chi connectivity index (χ4n) is 1.37. The maximum absolute atomic E-state index is 11.6. The Kier molecular flexibility index (Phi) is 5.77. The van der Waals surface area contributed by atoms with Crippen molar-refractivity contribution in [2.45, 2.75) is 6.10 Å². The number of benzene rings is 1. The number of amides is 2. The lowest BCUT2D eigenvalue weighted by molar-refractivity contribution is -0.126. The monoisotopic (exact) mass is 267 g/mol. The van der Waals surface area contributed by atoms with Crippen LogP contribution in [0.3, 0.4) is 0 Å². The lowest BCUT2D eigenvalue weighted by Crippen LogP contribution is -2.40. The van der Waals surface area contributed by atoms with Crippen molar-refractivity contribution in [1.82, 2.24) is 5.32 Å². The van der Waals surface area contributed by atoms with E-state index in [4.69, 9.17) is 15.6 Å². The first-order valence-electron chi connectivity index (χ1n) is 5.65. The van der Waals surface area contributed by atoms with Gasteiger partial charge in [-0.1, -0.05) is 12.1 Å². The molecule has 1 aromatic carbocycles. The number of aliphatic hydroxyl groups excluding tert-OH is 1. The molecule has 7 heteroatoms. The topological polar surface area (TPSA) is 114 Å². The summed E-state index contributed by atoms with van der Waals surface area (Å²) in [5, 5.41) is 14.4. The standard InChI is InChI=1S/C12H17N3O4/c1-19-10-5-3-2-4-8(10)15-11(17)7-14-6-9(16)12(13)18/h2-5,9,14,16H,6-7H2,1H3,(H2,13,18)(H,15,17). The van der Waals surface area contributed by atoms with Gasteiger partial charge in [0, 0.05) is 6.54 Å². The molecule has 2 amide bonds. The van der Waals surface area contributed by atoms with Gasteiger partial charge in [0.1, 0.15) is 11.9 Å². The molecule has 0 fully saturated rings. The summed E-state index contributed by atoms with van der Waals surface area (Å²) in [6.07, 6.45) is -1.31. The Morgan fingerprint density at radius 1 is 1.42 bits per heavy atom. The summed E-state index contributed by atoms with van der Waals surface area (Å²) in [4.78, 5) is 22.2. The van der Waals surface area contributed by atoms with Gasteiger partial charge < -0.3 is 26.2 Å². The van der Waals surface area contributed by atoms with Crippen LogP contribution in [0.25, 0.3) is 0 Å². The molecule has 0 aliphatic rings. The van der Waals surface area contributed by atoms with Gasteiger partial charge in [-0.05, 0) is 12.1 Å². The van der Waals surface area contributed by atoms with E-state index in [0.717, 1.165) is 0 Å². The van der Waals surface area contributed by atoms with Crippen LogP contribution in [0.15, 0.2) is 24.3 Å². The summed E-state index contributed by atoms with van der Waals surface area (Å²) in [7, 11) is 1.51. The fourth-order valence-corrected chi connectivity index (χ4v) is 1.37. The van der Waals surface area contributed by atoms with Crippen molar-refractivity contribution >= 4 is 17.5 Å². The number of hydrogen-bond donors (Lipinski definition) is 4. The summed E-state index contributed by atoms with van der Waals surface area (Å²) >= 11 is 0. The van der Waals surface area contributed by atoms with Crippen molar-refractivity contribution in [3.05, 3.63) is 24.3 Å². The molecule has 0 aliphatic heterocycles.